The Morgan fingerprint density at radius 1 is 1.39 bits per heavy atom. The maximum Gasteiger partial charge on any atom is 0.130 e. The summed E-state index contributed by atoms with van der Waals surface area (Å²) in [4.78, 5) is 11.0. The normalized spacial score (nSPS) is 12.2. The van der Waals surface area contributed by atoms with Gasteiger partial charge in [-0.25, -0.2) is 0 Å². The summed E-state index contributed by atoms with van der Waals surface area (Å²) in [5.41, 5.74) is 2.33. The molecule has 18 heavy (non-hydrogen) atoms. The van der Waals surface area contributed by atoms with Crippen LogP contribution in [0.2, 0.25) is 0 Å². The van der Waals surface area contributed by atoms with Gasteiger partial charge in [0, 0.05) is 13.0 Å². The molecule has 0 aliphatic rings. The number of Topliss-reactive ketones (excluding diaryl/α,β-unsaturated/α-hetero) is 1. The van der Waals surface area contributed by atoms with E-state index in [1.54, 1.807) is 6.92 Å². The van der Waals surface area contributed by atoms with Crippen molar-refractivity contribution in [3.63, 3.8) is 0 Å². The highest BCUT2D eigenvalue weighted by atomic mass is 16.5. The van der Waals surface area contributed by atoms with Gasteiger partial charge in [-0.3, -0.25) is 0 Å². The SMILES string of the molecule is CNC[C@@H](C)Oc1cc(C)cc(CCC(C)=O)c1. The molecule has 0 unspecified atom stereocenters. The Morgan fingerprint density at radius 2 is 2.11 bits per heavy atom. The lowest BCUT2D eigenvalue weighted by Crippen LogP contribution is -2.26. The van der Waals surface area contributed by atoms with E-state index in [-0.39, 0.29) is 11.9 Å². The van der Waals surface area contributed by atoms with Crippen molar-refractivity contribution >= 4 is 5.78 Å². The van der Waals surface area contributed by atoms with Crippen LogP contribution in [0.4, 0.5) is 0 Å². The van der Waals surface area contributed by atoms with Crippen LogP contribution in [0.3, 0.4) is 0 Å². The number of ketones is 1. The van der Waals surface area contributed by atoms with E-state index in [2.05, 4.69) is 11.4 Å². The molecule has 100 valence electrons. The second-order valence-electron chi connectivity index (χ2n) is 4.84. The zero-order chi connectivity index (χ0) is 13.5. The van der Waals surface area contributed by atoms with Gasteiger partial charge in [0.15, 0.2) is 0 Å². The summed E-state index contributed by atoms with van der Waals surface area (Å²) in [6, 6.07) is 6.17. The largest absolute Gasteiger partial charge is 0.489 e. The fraction of sp³-hybridized carbons (Fsp3) is 0.533. The number of hydrogen-bond donors (Lipinski definition) is 1. The van der Waals surface area contributed by atoms with Crippen LogP contribution in [-0.2, 0) is 11.2 Å². The third kappa shape index (κ3) is 5.32. The van der Waals surface area contributed by atoms with Gasteiger partial charge in [0.2, 0.25) is 0 Å². The summed E-state index contributed by atoms with van der Waals surface area (Å²) in [6.07, 6.45) is 1.51. The fourth-order valence-electron chi connectivity index (χ4n) is 1.92. The lowest BCUT2D eigenvalue weighted by molar-refractivity contribution is -0.116. The van der Waals surface area contributed by atoms with Gasteiger partial charge in [-0.2, -0.15) is 0 Å². The number of carbonyl (C=O) groups excluding carboxylic acids is 1. The number of nitrogens with one attached hydrogen (secondary N) is 1. The molecule has 0 saturated heterocycles. The van der Waals surface area contributed by atoms with Crippen LogP contribution in [-0.4, -0.2) is 25.5 Å². The molecule has 1 aromatic rings. The molecule has 0 aliphatic heterocycles. The molecule has 0 spiro atoms. The Bertz CT molecular complexity index is 401. The first-order chi connectivity index (χ1) is 8.51. The second-order valence-corrected chi connectivity index (χ2v) is 4.84. The number of carbonyl (C=O) groups is 1. The average Bonchev–Trinajstić information content (AvgIpc) is 2.25. The van der Waals surface area contributed by atoms with Crippen molar-refractivity contribution < 1.29 is 9.53 Å². The zero-order valence-electron chi connectivity index (χ0n) is 11.7. The Hall–Kier alpha value is -1.35. The van der Waals surface area contributed by atoms with Gasteiger partial charge in [-0.1, -0.05) is 6.07 Å². The standard InChI is InChI=1S/C15H23NO2/c1-11-7-14(6-5-12(2)17)9-15(8-11)18-13(3)10-16-4/h7-9,13,16H,5-6,10H2,1-4H3/t13-/m1/s1. The maximum absolute atomic E-state index is 11.0. The van der Waals surface area contributed by atoms with Crippen LogP contribution < -0.4 is 10.1 Å². The van der Waals surface area contributed by atoms with E-state index in [4.69, 9.17) is 4.74 Å². The molecule has 0 radical (unpaired) electrons. The van der Waals surface area contributed by atoms with Gasteiger partial charge in [-0.15, -0.1) is 0 Å². The van der Waals surface area contributed by atoms with Crippen molar-refractivity contribution in [1.29, 1.82) is 0 Å². The summed E-state index contributed by atoms with van der Waals surface area (Å²) in [5, 5.41) is 3.09. The monoisotopic (exact) mass is 249 g/mol. The molecule has 3 heteroatoms. The number of hydrogen-bond acceptors (Lipinski definition) is 3. The maximum atomic E-state index is 11.0. The van der Waals surface area contributed by atoms with Gasteiger partial charge in [0.1, 0.15) is 17.6 Å². The minimum Gasteiger partial charge on any atom is -0.489 e. The first kappa shape index (κ1) is 14.7. The zero-order valence-corrected chi connectivity index (χ0v) is 11.7. The van der Waals surface area contributed by atoms with Gasteiger partial charge < -0.3 is 14.8 Å². The number of likely N-dealkylation sites (N-methyl/N-ethyl adjacent to an activating group) is 1. The minimum atomic E-state index is 0.137. The van der Waals surface area contributed by atoms with Crippen LogP contribution >= 0.6 is 0 Å². The molecule has 1 aromatic carbocycles. The molecule has 0 fully saturated rings. The molecule has 0 bridgehead atoms. The Kier molecular flexibility index (Phi) is 5.86. The highest BCUT2D eigenvalue weighted by Gasteiger charge is 2.05. The van der Waals surface area contributed by atoms with E-state index >= 15 is 0 Å². The third-order valence-electron chi connectivity index (χ3n) is 2.71. The van der Waals surface area contributed by atoms with Crippen molar-refractivity contribution in [3.8, 4) is 5.75 Å². The van der Waals surface area contributed by atoms with E-state index in [1.165, 1.54) is 5.56 Å². The molecule has 1 N–H and O–H groups in total. The lowest BCUT2D eigenvalue weighted by Gasteiger charge is -2.15. The third-order valence-corrected chi connectivity index (χ3v) is 2.71. The number of rotatable bonds is 7. The van der Waals surface area contributed by atoms with Crippen molar-refractivity contribution in [2.75, 3.05) is 13.6 Å². The van der Waals surface area contributed by atoms with Crippen LogP contribution in [0.15, 0.2) is 18.2 Å². The highest BCUT2D eigenvalue weighted by molar-refractivity contribution is 5.75. The topological polar surface area (TPSA) is 38.3 Å². The lowest BCUT2D eigenvalue weighted by atomic mass is 10.1. The van der Waals surface area contributed by atoms with Crippen LogP contribution in [0.1, 0.15) is 31.4 Å². The highest BCUT2D eigenvalue weighted by Crippen LogP contribution is 2.19. The van der Waals surface area contributed by atoms with Crippen molar-refractivity contribution in [3.05, 3.63) is 29.3 Å². The van der Waals surface area contributed by atoms with E-state index in [0.717, 1.165) is 24.3 Å². The van der Waals surface area contributed by atoms with Crippen molar-refractivity contribution in [2.24, 2.45) is 0 Å². The summed E-state index contributed by atoms with van der Waals surface area (Å²) >= 11 is 0. The number of aryl methyl sites for hydroxylation is 2. The second kappa shape index (κ2) is 7.17. The summed E-state index contributed by atoms with van der Waals surface area (Å²) in [5.74, 6) is 1.11. The predicted octanol–water partition coefficient (Wildman–Crippen LogP) is 2.50. The van der Waals surface area contributed by atoms with E-state index in [1.807, 2.05) is 33.0 Å². The van der Waals surface area contributed by atoms with Gasteiger partial charge in [0.05, 0.1) is 0 Å². The van der Waals surface area contributed by atoms with Crippen molar-refractivity contribution in [2.45, 2.75) is 39.7 Å². The molecule has 0 heterocycles. The van der Waals surface area contributed by atoms with Crippen LogP contribution in [0, 0.1) is 6.92 Å². The number of benzene rings is 1. The summed E-state index contributed by atoms with van der Waals surface area (Å²) in [7, 11) is 1.91. The van der Waals surface area contributed by atoms with Gasteiger partial charge >= 0.3 is 0 Å². The number of ether oxygens (including phenoxy) is 1. The predicted molar refractivity (Wildman–Crippen MR) is 74.2 cm³/mol. The first-order valence-corrected chi connectivity index (χ1v) is 6.42. The smallest absolute Gasteiger partial charge is 0.130 e. The summed E-state index contributed by atoms with van der Waals surface area (Å²) in [6.45, 7) is 6.53. The quantitative estimate of drug-likeness (QED) is 0.807. The Labute approximate surface area is 110 Å². The van der Waals surface area contributed by atoms with E-state index < -0.39 is 0 Å². The van der Waals surface area contributed by atoms with Gasteiger partial charge in [0.25, 0.3) is 0 Å². The summed E-state index contributed by atoms with van der Waals surface area (Å²) < 4.78 is 5.84. The molecule has 1 rings (SSSR count). The molecular formula is C15H23NO2. The molecule has 1 atom stereocenters. The first-order valence-electron chi connectivity index (χ1n) is 6.42. The molecule has 0 saturated carbocycles. The molecule has 0 aliphatic carbocycles. The fourth-order valence-corrected chi connectivity index (χ4v) is 1.92. The van der Waals surface area contributed by atoms with Gasteiger partial charge in [-0.05, 0) is 57.5 Å². The Balaban J connectivity index is 2.70. The van der Waals surface area contributed by atoms with Crippen LogP contribution in [0.25, 0.3) is 0 Å². The van der Waals surface area contributed by atoms with E-state index in [9.17, 15) is 4.79 Å². The van der Waals surface area contributed by atoms with Crippen LogP contribution in [0.5, 0.6) is 5.75 Å². The molecule has 3 nitrogen and oxygen atoms in total. The molecule has 0 aromatic heterocycles. The molecule has 0 amide bonds. The molecular weight excluding hydrogens is 226 g/mol. The van der Waals surface area contributed by atoms with E-state index in [0.29, 0.717) is 6.42 Å². The minimum absolute atomic E-state index is 0.137. The van der Waals surface area contributed by atoms with Crippen molar-refractivity contribution in [1.82, 2.24) is 5.32 Å². The Morgan fingerprint density at radius 3 is 2.72 bits per heavy atom. The average molecular weight is 249 g/mol.